The van der Waals surface area contributed by atoms with Crippen molar-refractivity contribution in [2.45, 2.75) is 0 Å². The molecule has 0 nitrogen and oxygen atoms in total. The highest BCUT2D eigenvalue weighted by Crippen LogP contribution is 2.08. The predicted molar refractivity (Wildman–Crippen MR) is 20.6 cm³/mol. The van der Waals surface area contributed by atoms with E-state index in [2.05, 4.69) is 18.4 Å². The van der Waals surface area contributed by atoms with Gasteiger partial charge in [0.15, 0.2) is 0 Å². The molecule has 0 bridgehead atoms. The largest absolute Gasteiger partial charge is 0.135 e. The van der Waals surface area contributed by atoms with Gasteiger partial charge in [0.1, 0.15) is 0 Å². The van der Waals surface area contributed by atoms with Crippen LogP contribution >= 0.6 is 12.6 Å². The highest BCUT2D eigenvalue weighted by Gasteiger charge is 1.83. The second-order valence-corrected chi connectivity index (χ2v) is 1.16. The highest BCUT2D eigenvalue weighted by atomic mass is 32.1. The maximum Gasteiger partial charge on any atom is 0.0540 e. The molecule has 0 saturated carbocycles. The number of hydrogen-bond acceptors (Lipinski definition) is 1. The molecule has 1 aliphatic carbocycles. The van der Waals surface area contributed by atoms with Gasteiger partial charge in [0.25, 0.3) is 0 Å². The van der Waals surface area contributed by atoms with E-state index in [0.717, 1.165) is 4.91 Å². The average Bonchev–Trinajstić information content (AvgIpc) is 1.75. The summed E-state index contributed by atoms with van der Waals surface area (Å²) in [5.74, 6) is 0. The summed E-state index contributed by atoms with van der Waals surface area (Å²) in [7, 11) is 0. The van der Waals surface area contributed by atoms with E-state index in [4.69, 9.17) is 0 Å². The highest BCUT2D eigenvalue weighted by molar-refractivity contribution is 7.85. The fourth-order valence-corrected chi connectivity index (χ4v) is 0.0968. The van der Waals surface area contributed by atoms with Crippen molar-refractivity contribution in [3.05, 3.63) is 16.7 Å². The Hall–Kier alpha value is -0.130. The van der Waals surface area contributed by atoms with Crippen LogP contribution in [0.3, 0.4) is 0 Å². The van der Waals surface area contributed by atoms with E-state index in [1.807, 2.05) is 6.08 Å². The van der Waals surface area contributed by atoms with Crippen molar-refractivity contribution in [3.63, 3.8) is 0 Å². The second kappa shape index (κ2) is 0.423. The van der Waals surface area contributed by atoms with Crippen molar-refractivity contribution < 1.29 is 0 Å². The van der Waals surface area contributed by atoms with E-state index in [1.54, 1.807) is 0 Å². The molecular formula is C3H2S. The first-order valence-electron chi connectivity index (χ1n) is 1.05. The zero-order valence-electron chi connectivity index (χ0n) is 2.02. The lowest BCUT2D eigenvalue weighted by atomic mass is 11.0. The van der Waals surface area contributed by atoms with Crippen molar-refractivity contribution in [1.82, 2.24) is 0 Å². The Morgan fingerprint density at radius 3 is 2.25 bits per heavy atom. The number of rotatable bonds is 0. The normalized spacial score (nSPS) is 15.8. The molecule has 0 radical (unpaired) electrons. The molecule has 0 aromatic heterocycles. The van der Waals surface area contributed by atoms with Crippen molar-refractivity contribution in [3.8, 4) is 0 Å². The van der Waals surface area contributed by atoms with E-state index in [-0.39, 0.29) is 0 Å². The average molecular weight is 70.1 g/mol. The minimum atomic E-state index is 0.986. The maximum absolute atomic E-state index is 3.83. The van der Waals surface area contributed by atoms with Gasteiger partial charge in [-0.3, -0.25) is 0 Å². The van der Waals surface area contributed by atoms with E-state index < -0.39 is 0 Å². The molecule has 0 unspecified atom stereocenters. The van der Waals surface area contributed by atoms with Gasteiger partial charge in [-0.05, 0) is 0 Å². The lowest BCUT2D eigenvalue weighted by Gasteiger charge is -1.45. The van der Waals surface area contributed by atoms with Crippen LogP contribution < -0.4 is 0 Å². The Morgan fingerprint density at radius 2 is 2.25 bits per heavy atom. The van der Waals surface area contributed by atoms with Crippen molar-refractivity contribution in [1.29, 1.82) is 0 Å². The Kier molecular flexibility index (Phi) is 0.225. The number of hydrogen-bond donors (Lipinski definition) is 1. The van der Waals surface area contributed by atoms with Crippen molar-refractivity contribution >= 4 is 12.6 Å². The van der Waals surface area contributed by atoms with E-state index >= 15 is 0 Å². The SMILES string of the molecule is SC1=C=C1. The lowest BCUT2D eigenvalue weighted by molar-refractivity contribution is 2.41. The molecule has 1 aliphatic rings. The second-order valence-electron chi connectivity index (χ2n) is 0.674. The lowest BCUT2D eigenvalue weighted by Crippen LogP contribution is -1.18. The summed E-state index contributed by atoms with van der Waals surface area (Å²) < 4.78 is 0. The van der Waals surface area contributed by atoms with Crippen molar-refractivity contribution in [2.24, 2.45) is 0 Å². The molecule has 0 amide bonds. The first-order chi connectivity index (χ1) is 1.89. The van der Waals surface area contributed by atoms with Gasteiger partial charge < -0.3 is 0 Å². The molecule has 0 spiro atoms. The van der Waals surface area contributed by atoms with Gasteiger partial charge >= 0.3 is 0 Å². The van der Waals surface area contributed by atoms with Crippen molar-refractivity contribution in [2.75, 3.05) is 0 Å². The van der Waals surface area contributed by atoms with Gasteiger partial charge in [-0.25, -0.2) is 0 Å². The Labute approximate surface area is 30.2 Å². The molecule has 0 heterocycles. The maximum atomic E-state index is 3.83. The van der Waals surface area contributed by atoms with E-state index in [9.17, 15) is 0 Å². The van der Waals surface area contributed by atoms with Gasteiger partial charge in [0.2, 0.25) is 0 Å². The van der Waals surface area contributed by atoms with Crippen LogP contribution in [0, 0.1) is 0 Å². The van der Waals surface area contributed by atoms with Gasteiger partial charge in [0.05, 0.1) is 4.91 Å². The summed E-state index contributed by atoms with van der Waals surface area (Å²) in [6.45, 7) is 0. The molecule has 0 aromatic carbocycles. The third-order valence-electron chi connectivity index (χ3n) is 0.273. The quantitative estimate of drug-likeness (QED) is 0.318. The fraction of sp³-hybridized carbons (Fsp3) is 0. The first-order valence-corrected chi connectivity index (χ1v) is 1.50. The van der Waals surface area contributed by atoms with Crippen LogP contribution in [0.2, 0.25) is 0 Å². The Bertz CT molecular complexity index is 85.5. The third kappa shape index (κ3) is 0.172. The monoisotopic (exact) mass is 70.0 g/mol. The minimum Gasteiger partial charge on any atom is -0.135 e. The van der Waals surface area contributed by atoms with Crippen LogP contribution in [-0.2, 0) is 0 Å². The molecule has 4 heavy (non-hydrogen) atoms. The van der Waals surface area contributed by atoms with Crippen LogP contribution in [0.15, 0.2) is 16.7 Å². The van der Waals surface area contributed by atoms with Gasteiger partial charge in [-0.15, -0.1) is 18.4 Å². The minimum absolute atomic E-state index is 0.986. The summed E-state index contributed by atoms with van der Waals surface area (Å²) in [5.41, 5.74) is 2.75. The van der Waals surface area contributed by atoms with Gasteiger partial charge in [0, 0.05) is 6.08 Å². The molecule has 0 saturated heterocycles. The summed E-state index contributed by atoms with van der Waals surface area (Å²) in [5, 5.41) is 0. The molecule has 0 N–H and O–H groups in total. The molecule has 20 valence electrons. The molecular weight excluding hydrogens is 68.1 g/mol. The van der Waals surface area contributed by atoms with Gasteiger partial charge in [-0.2, -0.15) is 0 Å². The van der Waals surface area contributed by atoms with E-state index in [1.165, 1.54) is 0 Å². The smallest absolute Gasteiger partial charge is 0.0540 e. The predicted octanol–water partition coefficient (Wildman–Crippen LogP) is 0.969. The molecule has 0 fully saturated rings. The standard InChI is InChI=1S/C3H2S/c4-3-1-2-3/h1,4H. The molecule has 0 aliphatic heterocycles. The van der Waals surface area contributed by atoms with Crippen LogP contribution in [0.1, 0.15) is 0 Å². The Morgan fingerprint density at radius 1 is 2.00 bits per heavy atom. The molecule has 0 atom stereocenters. The van der Waals surface area contributed by atoms with Crippen LogP contribution in [0.4, 0.5) is 0 Å². The van der Waals surface area contributed by atoms with Crippen LogP contribution in [-0.4, -0.2) is 0 Å². The van der Waals surface area contributed by atoms with E-state index in [0.29, 0.717) is 0 Å². The summed E-state index contributed by atoms with van der Waals surface area (Å²) in [4.78, 5) is 0.986. The molecule has 1 heteroatoms. The van der Waals surface area contributed by atoms with Crippen LogP contribution in [0.25, 0.3) is 0 Å². The topological polar surface area (TPSA) is 0 Å². The van der Waals surface area contributed by atoms with Crippen LogP contribution in [0.5, 0.6) is 0 Å². The molecule has 0 aromatic rings. The zero-order valence-corrected chi connectivity index (χ0v) is 2.92. The third-order valence-corrected chi connectivity index (χ3v) is 0.532. The summed E-state index contributed by atoms with van der Waals surface area (Å²) >= 11 is 3.83. The first kappa shape index (κ1) is 2.13. The number of thiol groups is 1. The zero-order chi connectivity index (χ0) is 2.99. The molecule has 1 rings (SSSR count). The summed E-state index contributed by atoms with van der Waals surface area (Å²) in [6.07, 6.45) is 1.82. The summed E-state index contributed by atoms with van der Waals surface area (Å²) in [6, 6.07) is 0. The fourth-order valence-electron chi connectivity index (χ4n) is 0.0323. The van der Waals surface area contributed by atoms with Gasteiger partial charge in [-0.1, -0.05) is 0 Å². The Balaban J connectivity index is 2.75.